The highest BCUT2D eigenvalue weighted by molar-refractivity contribution is 5.91. The van der Waals surface area contributed by atoms with Crippen molar-refractivity contribution in [3.05, 3.63) is 65.1 Å². The summed E-state index contributed by atoms with van der Waals surface area (Å²) in [6, 6.07) is 13.3. The third-order valence-corrected chi connectivity index (χ3v) is 4.39. The van der Waals surface area contributed by atoms with Crippen LogP contribution in [0.4, 0.5) is 0 Å². The van der Waals surface area contributed by atoms with Gasteiger partial charge in [0.2, 0.25) is 0 Å². The van der Waals surface area contributed by atoms with Gasteiger partial charge in [-0.15, -0.1) is 0 Å². The van der Waals surface area contributed by atoms with Crippen LogP contribution in [-0.4, -0.2) is 28.1 Å². The molecule has 6 heteroatoms. The number of benzene rings is 1. The molecule has 27 heavy (non-hydrogen) atoms. The van der Waals surface area contributed by atoms with Crippen LogP contribution in [0.5, 0.6) is 0 Å². The minimum absolute atomic E-state index is 0.0324. The Morgan fingerprint density at radius 3 is 2.63 bits per heavy atom. The molecule has 0 unspecified atom stereocenters. The van der Waals surface area contributed by atoms with Crippen LogP contribution < -0.4 is 0 Å². The Labute approximate surface area is 157 Å². The predicted octanol–water partition coefficient (Wildman–Crippen LogP) is 3.57. The monoisotopic (exact) mass is 366 g/mol. The van der Waals surface area contributed by atoms with E-state index >= 15 is 0 Å². The van der Waals surface area contributed by atoms with Gasteiger partial charge in [-0.05, 0) is 39.0 Å². The number of hydrogen-bond donors (Lipinski definition) is 0. The van der Waals surface area contributed by atoms with Gasteiger partial charge in [0.05, 0.1) is 23.4 Å². The van der Waals surface area contributed by atoms with E-state index in [1.807, 2.05) is 43.3 Å². The van der Waals surface area contributed by atoms with Crippen LogP contribution in [0.3, 0.4) is 0 Å². The van der Waals surface area contributed by atoms with Crippen molar-refractivity contribution in [1.82, 2.24) is 9.55 Å². The number of carbonyl (C=O) groups is 2. The molecule has 0 bridgehead atoms. The van der Waals surface area contributed by atoms with Crippen molar-refractivity contribution in [2.24, 2.45) is 0 Å². The zero-order chi connectivity index (χ0) is 19.4. The maximum Gasteiger partial charge on any atom is 0.339 e. The number of aryl methyl sites for hydroxylation is 1. The molecule has 0 fully saturated rings. The van der Waals surface area contributed by atoms with E-state index in [4.69, 9.17) is 9.47 Å². The summed E-state index contributed by atoms with van der Waals surface area (Å²) in [7, 11) is 0. The highest BCUT2D eigenvalue weighted by atomic mass is 16.5. The van der Waals surface area contributed by atoms with Crippen LogP contribution >= 0.6 is 0 Å². The third-order valence-electron chi connectivity index (χ3n) is 4.39. The topological polar surface area (TPSA) is 70.4 Å². The van der Waals surface area contributed by atoms with Crippen LogP contribution in [0, 0.1) is 13.8 Å². The Kier molecular flexibility index (Phi) is 5.54. The van der Waals surface area contributed by atoms with Crippen LogP contribution in [0.1, 0.15) is 34.4 Å². The number of fused-ring (bicyclic) bond motifs is 1. The van der Waals surface area contributed by atoms with Gasteiger partial charge >= 0.3 is 11.9 Å². The van der Waals surface area contributed by atoms with Crippen LogP contribution in [-0.2, 0) is 27.4 Å². The maximum absolute atomic E-state index is 12.3. The summed E-state index contributed by atoms with van der Waals surface area (Å²) >= 11 is 0. The van der Waals surface area contributed by atoms with E-state index in [0.717, 1.165) is 16.6 Å². The molecule has 0 saturated heterocycles. The Morgan fingerprint density at radius 2 is 1.85 bits per heavy atom. The summed E-state index contributed by atoms with van der Waals surface area (Å²) in [5, 5.41) is 1.04. The highest BCUT2D eigenvalue weighted by Gasteiger charge is 2.18. The van der Waals surface area contributed by atoms with Crippen LogP contribution in [0.15, 0.2) is 42.5 Å². The SMILES string of the molecule is CCOC(=O)c1cc(C)n(CC(=O)OCc2ccc3ccccc3n2)c1C. The first-order valence-electron chi connectivity index (χ1n) is 8.83. The molecular weight excluding hydrogens is 344 g/mol. The van der Waals surface area contributed by atoms with Crippen molar-refractivity contribution in [3.63, 3.8) is 0 Å². The number of rotatable bonds is 6. The zero-order valence-corrected chi connectivity index (χ0v) is 15.7. The number of nitrogens with zero attached hydrogens (tertiary/aromatic N) is 2. The van der Waals surface area contributed by atoms with Gasteiger partial charge in [0.1, 0.15) is 13.2 Å². The molecule has 0 radical (unpaired) electrons. The van der Waals surface area contributed by atoms with Gasteiger partial charge in [0.25, 0.3) is 0 Å². The van der Waals surface area contributed by atoms with E-state index in [0.29, 0.717) is 23.6 Å². The normalized spacial score (nSPS) is 10.8. The molecule has 3 rings (SSSR count). The number of esters is 2. The molecule has 1 aromatic carbocycles. The molecule has 2 aromatic heterocycles. The van der Waals surface area contributed by atoms with Crippen LogP contribution in [0.2, 0.25) is 0 Å². The molecule has 140 valence electrons. The highest BCUT2D eigenvalue weighted by Crippen LogP contribution is 2.17. The summed E-state index contributed by atoms with van der Waals surface area (Å²) in [6.45, 7) is 5.84. The molecule has 0 aliphatic carbocycles. The lowest BCUT2D eigenvalue weighted by Crippen LogP contribution is -2.16. The molecule has 0 spiro atoms. The smallest absolute Gasteiger partial charge is 0.339 e. The van der Waals surface area contributed by atoms with Crippen molar-refractivity contribution in [3.8, 4) is 0 Å². The Hall–Kier alpha value is -3.15. The van der Waals surface area contributed by atoms with Gasteiger partial charge in [-0.2, -0.15) is 0 Å². The van der Waals surface area contributed by atoms with E-state index in [1.165, 1.54) is 0 Å². The van der Waals surface area contributed by atoms with Gasteiger partial charge in [-0.1, -0.05) is 24.3 Å². The molecule has 0 saturated carbocycles. The fourth-order valence-electron chi connectivity index (χ4n) is 2.98. The third kappa shape index (κ3) is 4.16. The van der Waals surface area contributed by atoms with E-state index in [2.05, 4.69) is 4.98 Å². The average Bonchev–Trinajstić information content (AvgIpc) is 2.94. The lowest BCUT2D eigenvalue weighted by Gasteiger charge is -2.10. The minimum Gasteiger partial charge on any atom is -0.462 e. The summed E-state index contributed by atoms with van der Waals surface area (Å²) in [5.41, 5.74) is 3.51. The van der Waals surface area contributed by atoms with Crippen molar-refractivity contribution < 1.29 is 19.1 Å². The van der Waals surface area contributed by atoms with Gasteiger partial charge < -0.3 is 14.0 Å². The van der Waals surface area contributed by atoms with E-state index in [9.17, 15) is 9.59 Å². The molecule has 0 amide bonds. The number of pyridine rings is 1. The average molecular weight is 366 g/mol. The molecule has 2 heterocycles. The fraction of sp³-hybridized carbons (Fsp3) is 0.286. The number of hydrogen-bond acceptors (Lipinski definition) is 5. The largest absolute Gasteiger partial charge is 0.462 e. The Bertz CT molecular complexity index is 991. The van der Waals surface area contributed by atoms with Gasteiger partial charge in [0.15, 0.2) is 0 Å². The van der Waals surface area contributed by atoms with Crippen LogP contribution in [0.25, 0.3) is 10.9 Å². The maximum atomic E-state index is 12.3. The first-order valence-corrected chi connectivity index (χ1v) is 8.83. The zero-order valence-electron chi connectivity index (χ0n) is 15.7. The Morgan fingerprint density at radius 1 is 1.07 bits per heavy atom. The summed E-state index contributed by atoms with van der Waals surface area (Å²) in [5.74, 6) is -0.771. The van der Waals surface area contributed by atoms with Crippen molar-refractivity contribution in [1.29, 1.82) is 0 Å². The molecule has 0 atom stereocenters. The lowest BCUT2D eigenvalue weighted by atomic mass is 10.2. The molecule has 0 aliphatic heterocycles. The van der Waals surface area contributed by atoms with E-state index in [-0.39, 0.29) is 25.1 Å². The number of ether oxygens (including phenoxy) is 2. The quantitative estimate of drug-likeness (QED) is 0.624. The predicted molar refractivity (Wildman–Crippen MR) is 101 cm³/mol. The summed E-state index contributed by atoms with van der Waals surface area (Å²) in [6.07, 6.45) is 0. The van der Waals surface area contributed by atoms with Gasteiger partial charge in [-0.25, -0.2) is 9.78 Å². The second kappa shape index (κ2) is 8.03. The summed E-state index contributed by atoms with van der Waals surface area (Å²) < 4.78 is 12.2. The van der Waals surface area contributed by atoms with Crippen molar-refractivity contribution in [2.75, 3.05) is 6.61 Å². The lowest BCUT2D eigenvalue weighted by molar-refractivity contribution is -0.145. The first-order chi connectivity index (χ1) is 13.0. The molecule has 0 N–H and O–H groups in total. The van der Waals surface area contributed by atoms with E-state index < -0.39 is 0 Å². The Balaban J connectivity index is 1.66. The molecule has 3 aromatic rings. The van der Waals surface area contributed by atoms with Gasteiger partial charge in [-0.3, -0.25) is 4.79 Å². The van der Waals surface area contributed by atoms with Crippen molar-refractivity contribution in [2.45, 2.75) is 33.9 Å². The standard InChI is InChI=1S/C21H22N2O4/c1-4-26-21(25)18-11-14(2)23(15(18)3)12-20(24)27-13-17-10-9-16-7-5-6-8-19(16)22-17/h5-11H,4,12-13H2,1-3H3. The molecule has 0 aliphatic rings. The summed E-state index contributed by atoms with van der Waals surface area (Å²) in [4.78, 5) is 28.7. The first kappa shape index (κ1) is 18.6. The second-order valence-electron chi connectivity index (χ2n) is 6.25. The van der Waals surface area contributed by atoms with Crippen molar-refractivity contribution >= 4 is 22.8 Å². The fourth-order valence-corrected chi connectivity index (χ4v) is 2.98. The van der Waals surface area contributed by atoms with E-state index in [1.54, 1.807) is 24.5 Å². The molecule has 6 nitrogen and oxygen atoms in total. The van der Waals surface area contributed by atoms with Gasteiger partial charge in [0, 0.05) is 16.8 Å². The second-order valence-corrected chi connectivity index (χ2v) is 6.25. The number of carbonyl (C=O) groups excluding carboxylic acids is 2. The number of aromatic nitrogens is 2. The molecular formula is C21H22N2O4. The number of para-hydroxylation sites is 1. The minimum atomic E-state index is -0.387.